The van der Waals surface area contributed by atoms with Crippen molar-refractivity contribution in [2.75, 3.05) is 31.1 Å². The quantitative estimate of drug-likeness (QED) is 0.705. The number of nitrogens with zero attached hydrogens (tertiary/aromatic N) is 3. The van der Waals surface area contributed by atoms with E-state index in [-0.39, 0.29) is 30.3 Å². The van der Waals surface area contributed by atoms with Gasteiger partial charge in [0.15, 0.2) is 0 Å². The van der Waals surface area contributed by atoms with E-state index in [0.717, 1.165) is 24.5 Å². The minimum absolute atomic E-state index is 0. The van der Waals surface area contributed by atoms with Gasteiger partial charge in [-0.15, -0.1) is 12.4 Å². The number of imide groups is 1. The number of ether oxygens (including phenoxy) is 1. The normalized spacial score (nSPS) is 20.4. The van der Waals surface area contributed by atoms with E-state index in [1.54, 1.807) is 6.92 Å². The molecule has 8 heteroatoms. The van der Waals surface area contributed by atoms with Crippen LogP contribution < -0.4 is 9.64 Å². The highest BCUT2D eigenvalue weighted by Gasteiger charge is 2.39. The summed E-state index contributed by atoms with van der Waals surface area (Å²) in [4.78, 5) is 30.3. The Labute approximate surface area is 179 Å². The number of hydrogen-bond donors (Lipinski definition) is 1. The Morgan fingerprint density at radius 3 is 2.10 bits per heavy atom. The Kier molecular flexibility index (Phi) is 8.31. The molecule has 1 N–H and O–H groups in total. The fourth-order valence-electron chi connectivity index (χ4n) is 4.05. The van der Waals surface area contributed by atoms with Crippen molar-refractivity contribution in [2.45, 2.75) is 58.4 Å². The first kappa shape index (κ1) is 23.4. The summed E-state index contributed by atoms with van der Waals surface area (Å²) in [6.07, 6.45) is 0.0436. The van der Waals surface area contributed by atoms with Crippen LogP contribution in [-0.4, -0.2) is 71.3 Å². The van der Waals surface area contributed by atoms with Gasteiger partial charge >= 0.3 is 0 Å². The van der Waals surface area contributed by atoms with Crippen LogP contribution in [-0.2, 0) is 9.59 Å². The van der Waals surface area contributed by atoms with Crippen molar-refractivity contribution in [1.82, 2.24) is 9.80 Å². The predicted octanol–water partition coefficient (Wildman–Crippen LogP) is 2.26. The molecular formula is C21H32ClN3O4. The Morgan fingerprint density at radius 1 is 0.966 bits per heavy atom. The van der Waals surface area contributed by atoms with Gasteiger partial charge in [0.25, 0.3) is 0 Å². The van der Waals surface area contributed by atoms with Gasteiger partial charge in [0.05, 0.1) is 17.9 Å². The lowest BCUT2D eigenvalue weighted by Gasteiger charge is -2.45. The topological polar surface area (TPSA) is 73.3 Å². The second kappa shape index (κ2) is 10.3. The minimum Gasteiger partial charge on any atom is -0.489 e. The van der Waals surface area contributed by atoms with E-state index < -0.39 is 12.3 Å². The molecule has 2 atom stereocenters. The van der Waals surface area contributed by atoms with E-state index in [4.69, 9.17) is 4.74 Å². The molecule has 0 bridgehead atoms. The molecule has 1 aromatic carbocycles. The molecule has 1 aromatic rings. The van der Waals surface area contributed by atoms with Gasteiger partial charge in [0.1, 0.15) is 11.9 Å². The van der Waals surface area contributed by atoms with Crippen LogP contribution in [0.25, 0.3) is 0 Å². The molecule has 0 spiro atoms. The number of benzene rings is 1. The van der Waals surface area contributed by atoms with E-state index >= 15 is 0 Å². The molecule has 0 aromatic heterocycles. The zero-order valence-corrected chi connectivity index (χ0v) is 18.2. The summed E-state index contributed by atoms with van der Waals surface area (Å²) >= 11 is 0. The number of para-hydroxylation sites is 2. The summed E-state index contributed by atoms with van der Waals surface area (Å²) in [5.41, 5.74) is 1.05. The van der Waals surface area contributed by atoms with Gasteiger partial charge in [-0.1, -0.05) is 12.1 Å². The Hall–Kier alpha value is -1.83. The number of amides is 2. The Balaban J connectivity index is 0.00000300. The van der Waals surface area contributed by atoms with E-state index in [9.17, 15) is 14.7 Å². The van der Waals surface area contributed by atoms with Gasteiger partial charge in [-0.05, 0) is 39.3 Å². The number of hydrogen-bond acceptors (Lipinski definition) is 6. The zero-order chi connectivity index (χ0) is 20.3. The van der Waals surface area contributed by atoms with E-state index in [1.807, 2.05) is 36.9 Å². The highest BCUT2D eigenvalue weighted by atomic mass is 35.5. The number of anilines is 1. The monoisotopic (exact) mass is 425 g/mol. The molecule has 7 nitrogen and oxygen atoms in total. The molecular weight excluding hydrogens is 394 g/mol. The largest absolute Gasteiger partial charge is 0.489 e. The lowest BCUT2D eigenvalue weighted by molar-refractivity contribution is -0.161. The molecule has 0 saturated carbocycles. The van der Waals surface area contributed by atoms with Crippen molar-refractivity contribution in [1.29, 1.82) is 0 Å². The molecule has 0 aliphatic carbocycles. The Morgan fingerprint density at radius 2 is 1.55 bits per heavy atom. The van der Waals surface area contributed by atoms with Gasteiger partial charge in [-0.25, -0.2) is 0 Å². The fourth-order valence-corrected chi connectivity index (χ4v) is 4.05. The van der Waals surface area contributed by atoms with E-state index in [2.05, 4.69) is 11.0 Å². The average molecular weight is 426 g/mol. The van der Waals surface area contributed by atoms with Crippen molar-refractivity contribution in [3.8, 4) is 5.75 Å². The van der Waals surface area contributed by atoms with Crippen LogP contribution in [0.3, 0.4) is 0 Å². The lowest BCUT2D eigenvalue weighted by atomic mass is 10.1. The standard InChI is InChI=1S/C21H31N3O4.ClH/c1-15(2)28-18-8-5-4-7-17(18)22-11-13-23(14-12-22)21(16(3)25)24-19(26)9-6-10-20(24)27;/h4-5,7-8,15-16,21,25H,6,9-14H2,1-3H3;1H. The summed E-state index contributed by atoms with van der Waals surface area (Å²) < 4.78 is 5.94. The summed E-state index contributed by atoms with van der Waals surface area (Å²) in [5.74, 6) is 0.500. The summed E-state index contributed by atoms with van der Waals surface area (Å²) in [6.45, 7) is 8.45. The van der Waals surface area contributed by atoms with Gasteiger partial charge < -0.3 is 14.7 Å². The first-order valence-electron chi connectivity index (χ1n) is 10.2. The van der Waals surface area contributed by atoms with Crippen LogP contribution in [0.15, 0.2) is 24.3 Å². The lowest BCUT2D eigenvalue weighted by Crippen LogP contribution is -2.63. The number of carbonyl (C=O) groups is 2. The molecule has 29 heavy (non-hydrogen) atoms. The van der Waals surface area contributed by atoms with Gasteiger partial charge in [0.2, 0.25) is 11.8 Å². The molecule has 2 aliphatic rings. The molecule has 2 aliphatic heterocycles. The van der Waals surface area contributed by atoms with Crippen LogP contribution in [0, 0.1) is 0 Å². The smallest absolute Gasteiger partial charge is 0.230 e. The summed E-state index contributed by atoms with van der Waals surface area (Å²) in [7, 11) is 0. The highest BCUT2D eigenvalue weighted by Crippen LogP contribution is 2.30. The van der Waals surface area contributed by atoms with Crippen LogP contribution in [0.2, 0.25) is 0 Å². The number of piperazine rings is 1. The maximum atomic E-state index is 12.4. The maximum Gasteiger partial charge on any atom is 0.230 e. The third-order valence-electron chi connectivity index (χ3n) is 5.27. The summed E-state index contributed by atoms with van der Waals surface area (Å²) in [5, 5.41) is 10.4. The second-order valence-electron chi connectivity index (χ2n) is 7.82. The van der Waals surface area contributed by atoms with Crippen molar-refractivity contribution in [2.24, 2.45) is 0 Å². The van der Waals surface area contributed by atoms with Crippen molar-refractivity contribution >= 4 is 29.9 Å². The number of aliphatic hydroxyl groups is 1. The van der Waals surface area contributed by atoms with E-state index in [0.29, 0.717) is 32.4 Å². The molecule has 2 amide bonds. The molecule has 2 saturated heterocycles. The predicted molar refractivity (Wildman–Crippen MR) is 114 cm³/mol. The van der Waals surface area contributed by atoms with Gasteiger partial charge in [-0.3, -0.25) is 19.4 Å². The van der Waals surface area contributed by atoms with E-state index in [1.165, 1.54) is 4.90 Å². The number of halogens is 1. The van der Waals surface area contributed by atoms with Crippen molar-refractivity contribution in [3.63, 3.8) is 0 Å². The third-order valence-corrected chi connectivity index (χ3v) is 5.27. The van der Waals surface area contributed by atoms with Gasteiger partial charge in [0, 0.05) is 39.0 Å². The maximum absolute atomic E-state index is 12.4. The number of rotatable bonds is 6. The first-order chi connectivity index (χ1) is 13.4. The number of piperidine rings is 1. The molecule has 162 valence electrons. The average Bonchev–Trinajstić information content (AvgIpc) is 2.65. The fraction of sp³-hybridized carbons (Fsp3) is 0.619. The highest BCUT2D eigenvalue weighted by molar-refractivity contribution is 5.97. The number of carbonyl (C=O) groups excluding carboxylic acids is 2. The van der Waals surface area contributed by atoms with Crippen molar-refractivity contribution < 1.29 is 19.4 Å². The zero-order valence-electron chi connectivity index (χ0n) is 17.4. The minimum atomic E-state index is -0.797. The first-order valence-corrected chi connectivity index (χ1v) is 10.2. The summed E-state index contributed by atoms with van der Waals surface area (Å²) in [6, 6.07) is 8.00. The second-order valence-corrected chi connectivity index (χ2v) is 7.82. The Bertz CT molecular complexity index is 689. The third kappa shape index (κ3) is 5.41. The molecule has 3 rings (SSSR count). The number of likely N-dealkylation sites (tertiary alicyclic amines) is 1. The SMILES string of the molecule is CC(C)Oc1ccccc1N1CCN(C(C(C)O)N2C(=O)CCCC2=O)CC1.Cl. The van der Waals surface area contributed by atoms with Crippen LogP contribution in [0.4, 0.5) is 5.69 Å². The molecule has 2 unspecified atom stereocenters. The van der Waals surface area contributed by atoms with Crippen LogP contribution >= 0.6 is 12.4 Å². The van der Waals surface area contributed by atoms with Crippen LogP contribution in [0.5, 0.6) is 5.75 Å². The van der Waals surface area contributed by atoms with Crippen LogP contribution in [0.1, 0.15) is 40.0 Å². The molecule has 2 heterocycles. The van der Waals surface area contributed by atoms with Gasteiger partial charge in [-0.2, -0.15) is 0 Å². The van der Waals surface area contributed by atoms with Crippen molar-refractivity contribution in [3.05, 3.63) is 24.3 Å². The number of aliphatic hydroxyl groups excluding tert-OH is 1. The molecule has 2 fully saturated rings. The molecule has 0 radical (unpaired) electrons.